The second-order valence-corrected chi connectivity index (χ2v) is 8.66. The molecule has 3 heterocycles. The number of hydrogen-bond acceptors (Lipinski definition) is 4. The van der Waals surface area contributed by atoms with Gasteiger partial charge < -0.3 is 14.8 Å². The van der Waals surface area contributed by atoms with E-state index in [1.54, 1.807) is 21.9 Å². The molecule has 0 aliphatic carbocycles. The second kappa shape index (κ2) is 10.4. The third-order valence-corrected chi connectivity index (χ3v) is 5.40. The maximum atomic E-state index is 13.2. The van der Waals surface area contributed by atoms with Gasteiger partial charge in [-0.2, -0.15) is 0 Å². The van der Waals surface area contributed by atoms with Crippen LogP contribution in [0, 0.1) is 12.8 Å². The highest BCUT2D eigenvalue weighted by molar-refractivity contribution is 5.99. The molecule has 2 aromatic rings. The Balaban J connectivity index is 1.89. The van der Waals surface area contributed by atoms with Crippen molar-refractivity contribution in [1.29, 1.82) is 0 Å². The molecular weight excluding hydrogens is 392 g/mol. The van der Waals surface area contributed by atoms with Crippen molar-refractivity contribution in [1.82, 2.24) is 19.8 Å². The van der Waals surface area contributed by atoms with E-state index in [9.17, 15) is 14.4 Å². The summed E-state index contributed by atoms with van der Waals surface area (Å²) in [5.41, 5.74) is 1.13. The van der Waals surface area contributed by atoms with Gasteiger partial charge in [0.15, 0.2) is 0 Å². The average Bonchev–Trinajstić information content (AvgIpc) is 3.02. The lowest BCUT2D eigenvalue weighted by atomic mass is 10.1. The Morgan fingerprint density at radius 1 is 1.06 bits per heavy atom. The average molecular weight is 425 g/mol. The van der Waals surface area contributed by atoms with Crippen LogP contribution < -0.4 is 10.7 Å². The number of aryl methyl sites for hydroxylation is 1. The lowest BCUT2D eigenvalue weighted by Crippen LogP contribution is -2.38. The van der Waals surface area contributed by atoms with E-state index in [0.717, 1.165) is 31.4 Å². The first-order chi connectivity index (χ1) is 14.8. The van der Waals surface area contributed by atoms with Gasteiger partial charge in [0.1, 0.15) is 11.1 Å². The lowest BCUT2D eigenvalue weighted by Gasteiger charge is -2.21. The van der Waals surface area contributed by atoms with Gasteiger partial charge in [0.2, 0.25) is 5.43 Å². The van der Waals surface area contributed by atoms with Gasteiger partial charge in [0.25, 0.3) is 11.8 Å². The maximum Gasteiger partial charge on any atom is 0.259 e. The van der Waals surface area contributed by atoms with Crippen LogP contribution >= 0.6 is 0 Å². The minimum absolute atomic E-state index is 0.00558. The molecule has 0 bridgehead atoms. The van der Waals surface area contributed by atoms with Crippen LogP contribution in [0.25, 0.3) is 0 Å². The fourth-order valence-corrected chi connectivity index (χ4v) is 3.88. The third kappa shape index (κ3) is 6.03. The number of carbonyl (C=O) groups is 2. The summed E-state index contributed by atoms with van der Waals surface area (Å²) in [4.78, 5) is 45.3. The number of nitrogens with one attached hydrogen (secondary N) is 1. The van der Waals surface area contributed by atoms with Crippen molar-refractivity contribution in [2.24, 2.45) is 5.92 Å². The van der Waals surface area contributed by atoms with Gasteiger partial charge in [-0.25, -0.2) is 0 Å². The minimum Gasteiger partial charge on any atom is -0.352 e. The number of nitrogens with zero attached hydrogens (tertiary/aromatic N) is 3. The number of rotatable bonds is 6. The molecule has 0 atom stereocenters. The molecule has 1 saturated heterocycles. The van der Waals surface area contributed by atoms with Gasteiger partial charge in [0, 0.05) is 37.7 Å². The molecule has 166 valence electrons. The van der Waals surface area contributed by atoms with Crippen molar-refractivity contribution < 1.29 is 9.59 Å². The molecule has 0 radical (unpaired) electrons. The summed E-state index contributed by atoms with van der Waals surface area (Å²) in [6, 6.07) is 5.58. The van der Waals surface area contributed by atoms with E-state index in [2.05, 4.69) is 24.1 Å². The number of likely N-dealkylation sites (tertiary alicyclic amines) is 1. The first-order valence-electron chi connectivity index (χ1n) is 11.1. The van der Waals surface area contributed by atoms with Crippen molar-refractivity contribution in [3.8, 4) is 0 Å². The Hall–Kier alpha value is -2.96. The van der Waals surface area contributed by atoms with Crippen LogP contribution in [-0.4, -0.2) is 39.4 Å². The Morgan fingerprint density at radius 3 is 2.39 bits per heavy atom. The highest BCUT2D eigenvalue weighted by Crippen LogP contribution is 2.13. The zero-order chi connectivity index (χ0) is 22.4. The van der Waals surface area contributed by atoms with Crippen molar-refractivity contribution in [2.75, 3.05) is 13.1 Å². The molecule has 0 aromatic carbocycles. The standard InChI is InChI=1S/C24H32N4O3/c1-17(2)14-27-15-20(23(30)25-13-19-10-8-9-18(3)26-19)22(29)21(16-27)24(31)28-11-6-4-5-7-12-28/h8-10,15-17H,4-7,11-14H2,1-3H3,(H,25,30). The topological polar surface area (TPSA) is 84.3 Å². The van der Waals surface area contributed by atoms with Crippen LogP contribution in [0.3, 0.4) is 0 Å². The smallest absolute Gasteiger partial charge is 0.259 e. The van der Waals surface area contributed by atoms with E-state index >= 15 is 0 Å². The molecule has 1 N–H and O–H groups in total. The third-order valence-electron chi connectivity index (χ3n) is 5.40. The van der Waals surface area contributed by atoms with Gasteiger partial charge in [-0.3, -0.25) is 19.4 Å². The first kappa shape index (κ1) is 22.7. The zero-order valence-corrected chi connectivity index (χ0v) is 18.7. The number of carbonyl (C=O) groups excluding carboxylic acids is 2. The summed E-state index contributed by atoms with van der Waals surface area (Å²) in [6.07, 6.45) is 7.23. The van der Waals surface area contributed by atoms with E-state index in [4.69, 9.17) is 0 Å². The molecule has 3 rings (SSSR count). The van der Waals surface area contributed by atoms with Gasteiger partial charge in [-0.1, -0.05) is 32.8 Å². The summed E-state index contributed by atoms with van der Waals surface area (Å²) < 4.78 is 1.79. The van der Waals surface area contributed by atoms with E-state index in [1.807, 2.05) is 25.1 Å². The van der Waals surface area contributed by atoms with Crippen molar-refractivity contribution >= 4 is 11.8 Å². The van der Waals surface area contributed by atoms with E-state index < -0.39 is 11.3 Å². The van der Waals surface area contributed by atoms with Crippen molar-refractivity contribution in [2.45, 2.75) is 59.5 Å². The van der Waals surface area contributed by atoms with E-state index in [0.29, 0.717) is 31.2 Å². The molecule has 2 aromatic heterocycles. The first-order valence-corrected chi connectivity index (χ1v) is 11.1. The SMILES string of the molecule is Cc1cccc(CNC(=O)c2cn(CC(C)C)cc(C(=O)N3CCCCCC3)c2=O)n1. The minimum atomic E-state index is -0.510. The van der Waals surface area contributed by atoms with Crippen LogP contribution in [0.15, 0.2) is 35.4 Å². The molecule has 0 spiro atoms. The molecule has 0 unspecified atom stereocenters. The Labute approximate surface area is 183 Å². The molecule has 1 aliphatic heterocycles. The Morgan fingerprint density at radius 2 is 1.74 bits per heavy atom. The second-order valence-electron chi connectivity index (χ2n) is 8.66. The molecule has 2 amide bonds. The fraction of sp³-hybridized carbons (Fsp3) is 0.500. The van der Waals surface area contributed by atoms with Crippen LogP contribution in [0.1, 0.15) is 71.6 Å². The van der Waals surface area contributed by atoms with E-state index in [-0.39, 0.29) is 23.6 Å². The molecule has 7 nitrogen and oxygen atoms in total. The summed E-state index contributed by atoms with van der Waals surface area (Å²) in [5, 5.41) is 2.78. The van der Waals surface area contributed by atoms with Gasteiger partial charge in [-0.15, -0.1) is 0 Å². The van der Waals surface area contributed by atoms with Crippen LogP contribution in [0.4, 0.5) is 0 Å². The van der Waals surface area contributed by atoms with Gasteiger partial charge >= 0.3 is 0 Å². The quantitative estimate of drug-likeness (QED) is 0.772. The van der Waals surface area contributed by atoms with Crippen LogP contribution in [0.2, 0.25) is 0 Å². The predicted octanol–water partition coefficient (Wildman–Crippen LogP) is 3.15. The summed E-state index contributed by atoms with van der Waals surface area (Å²) in [6.45, 7) is 8.12. The van der Waals surface area contributed by atoms with Gasteiger partial charge in [-0.05, 0) is 37.8 Å². The van der Waals surface area contributed by atoms with Crippen LogP contribution in [-0.2, 0) is 13.1 Å². The van der Waals surface area contributed by atoms with E-state index in [1.165, 1.54) is 0 Å². The highest BCUT2D eigenvalue weighted by Gasteiger charge is 2.24. The monoisotopic (exact) mass is 424 g/mol. The molecule has 1 aliphatic rings. The van der Waals surface area contributed by atoms with Crippen molar-refractivity contribution in [3.05, 3.63) is 63.3 Å². The number of aromatic nitrogens is 2. The fourth-order valence-electron chi connectivity index (χ4n) is 3.88. The molecule has 0 saturated carbocycles. The zero-order valence-electron chi connectivity index (χ0n) is 18.7. The highest BCUT2D eigenvalue weighted by atomic mass is 16.2. The summed E-state index contributed by atoms with van der Waals surface area (Å²) >= 11 is 0. The largest absolute Gasteiger partial charge is 0.352 e. The normalized spacial score (nSPS) is 14.4. The number of pyridine rings is 2. The number of amides is 2. The van der Waals surface area contributed by atoms with Crippen LogP contribution in [0.5, 0.6) is 0 Å². The Bertz CT molecular complexity index is 989. The Kier molecular flexibility index (Phi) is 7.60. The molecule has 31 heavy (non-hydrogen) atoms. The molecular formula is C24H32N4O3. The van der Waals surface area contributed by atoms with Crippen molar-refractivity contribution in [3.63, 3.8) is 0 Å². The summed E-state index contributed by atoms with van der Waals surface area (Å²) in [7, 11) is 0. The van der Waals surface area contributed by atoms with Gasteiger partial charge in [0.05, 0.1) is 12.2 Å². The lowest BCUT2D eigenvalue weighted by molar-refractivity contribution is 0.0759. The summed E-state index contributed by atoms with van der Waals surface area (Å²) in [5.74, 6) is -0.466. The predicted molar refractivity (Wildman–Crippen MR) is 120 cm³/mol. The maximum absolute atomic E-state index is 13.2. The molecule has 1 fully saturated rings. The number of hydrogen-bond donors (Lipinski definition) is 1. The molecule has 7 heteroatoms.